The predicted molar refractivity (Wildman–Crippen MR) is 86.9 cm³/mol. The number of carbonyl (C=O) groups is 1. The van der Waals surface area contributed by atoms with Crippen LogP contribution in [0.2, 0.25) is 0 Å². The Labute approximate surface area is 129 Å². The number of nitrogens with one attached hydrogen (secondary N) is 1. The first-order valence-corrected chi connectivity index (χ1v) is 8.79. The lowest BCUT2D eigenvalue weighted by Gasteiger charge is -2.38. The molecule has 1 aliphatic heterocycles. The van der Waals surface area contributed by atoms with Crippen LogP contribution < -0.4 is 11.1 Å². The third-order valence-electron chi connectivity index (χ3n) is 5.50. The molecule has 1 heterocycles. The number of likely N-dealkylation sites (tertiary alicyclic amines) is 1. The number of nitrogens with zero attached hydrogens (tertiary/aromatic N) is 1. The third kappa shape index (κ3) is 4.43. The molecule has 1 aliphatic carbocycles. The summed E-state index contributed by atoms with van der Waals surface area (Å²) in [5.41, 5.74) is 6.17. The molecule has 4 unspecified atom stereocenters. The van der Waals surface area contributed by atoms with Crippen LogP contribution in [0.4, 0.5) is 0 Å². The summed E-state index contributed by atoms with van der Waals surface area (Å²) in [5, 5.41) is 3.30. The molecule has 0 spiro atoms. The normalized spacial score (nSPS) is 35.6. The SMILES string of the molecule is CCCN1CCC(NC(=O)C2CC(N)C(C)CC2C)CC1. The van der Waals surface area contributed by atoms with Crippen molar-refractivity contribution < 1.29 is 4.79 Å². The molecule has 122 valence electrons. The van der Waals surface area contributed by atoms with Gasteiger partial charge in [-0.25, -0.2) is 0 Å². The first-order chi connectivity index (χ1) is 10.0. The molecule has 1 amide bonds. The van der Waals surface area contributed by atoms with Crippen molar-refractivity contribution in [3.63, 3.8) is 0 Å². The maximum absolute atomic E-state index is 12.6. The zero-order valence-corrected chi connectivity index (χ0v) is 14.0. The number of carbonyl (C=O) groups excluding carboxylic acids is 1. The van der Waals surface area contributed by atoms with Crippen LogP contribution >= 0.6 is 0 Å². The maximum Gasteiger partial charge on any atom is 0.223 e. The third-order valence-corrected chi connectivity index (χ3v) is 5.50. The summed E-state index contributed by atoms with van der Waals surface area (Å²) in [6.45, 7) is 10.1. The van der Waals surface area contributed by atoms with Crippen molar-refractivity contribution in [3.8, 4) is 0 Å². The van der Waals surface area contributed by atoms with Gasteiger partial charge in [-0.05, 0) is 50.5 Å². The van der Waals surface area contributed by atoms with Gasteiger partial charge in [-0.1, -0.05) is 20.8 Å². The smallest absolute Gasteiger partial charge is 0.223 e. The zero-order chi connectivity index (χ0) is 15.4. The number of amides is 1. The zero-order valence-electron chi connectivity index (χ0n) is 14.0. The molecular weight excluding hydrogens is 262 g/mol. The Balaban J connectivity index is 1.79. The minimum Gasteiger partial charge on any atom is -0.353 e. The van der Waals surface area contributed by atoms with Gasteiger partial charge in [0, 0.05) is 31.1 Å². The Bertz CT molecular complexity index is 339. The second-order valence-electron chi connectivity index (χ2n) is 7.32. The molecule has 0 radical (unpaired) electrons. The fourth-order valence-electron chi connectivity index (χ4n) is 3.97. The summed E-state index contributed by atoms with van der Waals surface area (Å²) in [6.07, 6.45) is 5.33. The summed E-state index contributed by atoms with van der Waals surface area (Å²) in [4.78, 5) is 15.1. The highest BCUT2D eigenvalue weighted by Crippen LogP contribution is 2.33. The number of nitrogens with two attached hydrogens (primary N) is 1. The molecule has 1 saturated heterocycles. The molecule has 2 aliphatic rings. The van der Waals surface area contributed by atoms with Crippen LogP contribution in [0.15, 0.2) is 0 Å². The monoisotopic (exact) mass is 295 g/mol. The van der Waals surface area contributed by atoms with E-state index in [-0.39, 0.29) is 17.9 Å². The molecule has 0 bridgehead atoms. The molecule has 4 nitrogen and oxygen atoms in total. The number of rotatable bonds is 4. The Kier molecular flexibility index (Phi) is 6.06. The van der Waals surface area contributed by atoms with Gasteiger partial charge in [-0.2, -0.15) is 0 Å². The van der Waals surface area contributed by atoms with Gasteiger partial charge in [0.2, 0.25) is 5.91 Å². The molecule has 0 aromatic heterocycles. The van der Waals surface area contributed by atoms with Crippen LogP contribution in [0.3, 0.4) is 0 Å². The van der Waals surface area contributed by atoms with Gasteiger partial charge in [0.1, 0.15) is 0 Å². The minimum absolute atomic E-state index is 0.116. The topological polar surface area (TPSA) is 58.4 Å². The van der Waals surface area contributed by atoms with Crippen molar-refractivity contribution >= 4 is 5.91 Å². The van der Waals surface area contributed by atoms with E-state index in [1.807, 2.05) is 0 Å². The Morgan fingerprint density at radius 2 is 1.86 bits per heavy atom. The van der Waals surface area contributed by atoms with E-state index < -0.39 is 0 Å². The lowest BCUT2D eigenvalue weighted by Crippen LogP contribution is -2.50. The van der Waals surface area contributed by atoms with E-state index in [1.54, 1.807) is 0 Å². The molecule has 0 aromatic carbocycles. The van der Waals surface area contributed by atoms with Crippen molar-refractivity contribution in [2.75, 3.05) is 19.6 Å². The first kappa shape index (κ1) is 16.8. The van der Waals surface area contributed by atoms with Crippen LogP contribution in [-0.4, -0.2) is 42.5 Å². The van der Waals surface area contributed by atoms with Crippen LogP contribution in [0.5, 0.6) is 0 Å². The number of hydrogen-bond donors (Lipinski definition) is 2. The van der Waals surface area contributed by atoms with Gasteiger partial charge in [-0.15, -0.1) is 0 Å². The van der Waals surface area contributed by atoms with Crippen LogP contribution in [-0.2, 0) is 4.79 Å². The van der Waals surface area contributed by atoms with Crippen molar-refractivity contribution in [2.24, 2.45) is 23.5 Å². The lowest BCUT2D eigenvalue weighted by atomic mass is 9.72. The Morgan fingerprint density at radius 3 is 2.48 bits per heavy atom. The summed E-state index contributed by atoms with van der Waals surface area (Å²) in [6, 6.07) is 0.553. The fourth-order valence-corrected chi connectivity index (χ4v) is 3.97. The molecule has 4 heteroatoms. The van der Waals surface area contributed by atoms with Crippen molar-refractivity contribution in [1.82, 2.24) is 10.2 Å². The van der Waals surface area contributed by atoms with Crippen LogP contribution in [0, 0.1) is 17.8 Å². The Hall–Kier alpha value is -0.610. The molecule has 3 N–H and O–H groups in total. The van der Waals surface area contributed by atoms with E-state index in [0.717, 1.165) is 38.8 Å². The fraction of sp³-hybridized carbons (Fsp3) is 0.941. The van der Waals surface area contributed by atoms with E-state index in [4.69, 9.17) is 5.73 Å². The lowest BCUT2D eigenvalue weighted by molar-refractivity contribution is -0.129. The highest BCUT2D eigenvalue weighted by Gasteiger charge is 2.35. The second-order valence-corrected chi connectivity index (χ2v) is 7.32. The maximum atomic E-state index is 12.6. The van der Waals surface area contributed by atoms with Gasteiger partial charge in [-0.3, -0.25) is 4.79 Å². The van der Waals surface area contributed by atoms with Gasteiger partial charge < -0.3 is 16.0 Å². The van der Waals surface area contributed by atoms with E-state index in [2.05, 4.69) is 31.0 Å². The average Bonchev–Trinajstić information content (AvgIpc) is 2.45. The first-order valence-electron chi connectivity index (χ1n) is 8.79. The van der Waals surface area contributed by atoms with Gasteiger partial charge >= 0.3 is 0 Å². The van der Waals surface area contributed by atoms with E-state index in [1.165, 1.54) is 13.0 Å². The van der Waals surface area contributed by atoms with Gasteiger partial charge in [0.25, 0.3) is 0 Å². The summed E-state index contributed by atoms with van der Waals surface area (Å²) in [7, 11) is 0. The Morgan fingerprint density at radius 1 is 1.19 bits per heavy atom. The molecule has 0 aromatic rings. The predicted octanol–water partition coefficient (Wildman–Crippen LogP) is 1.99. The van der Waals surface area contributed by atoms with Gasteiger partial charge in [0.05, 0.1) is 0 Å². The summed E-state index contributed by atoms with van der Waals surface area (Å²) >= 11 is 0. The highest BCUT2D eigenvalue weighted by molar-refractivity contribution is 5.79. The van der Waals surface area contributed by atoms with Crippen molar-refractivity contribution in [2.45, 2.75) is 65.0 Å². The van der Waals surface area contributed by atoms with Crippen molar-refractivity contribution in [1.29, 1.82) is 0 Å². The quantitative estimate of drug-likeness (QED) is 0.834. The molecule has 21 heavy (non-hydrogen) atoms. The van der Waals surface area contributed by atoms with Crippen LogP contribution in [0.1, 0.15) is 52.9 Å². The van der Waals surface area contributed by atoms with Crippen LogP contribution in [0.25, 0.3) is 0 Å². The molecule has 1 saturated carbocycles. The highest BCUT2D eigenvalue weighted by atomic mass is 16.2. The van der Waals surface area contributed by atoms with Crippen molar-refractivity contribution in [3.05, 3.63) is 0 Å². The van der Waals surface area contributed by atoms with E-state index in [0.29, 0.717) is 17.9 Å². The number of hydrogen-bond acceptors (Lipinski definition) is 3. The molecule has 4 atom stereocenters. The average molecular weight is 295 g/mol. The summed E-state index contributed by atoms with van der Waals surface area (Å²) in [5.74, 6) is 1.37. The standard InChI is InChI=1S/C17H33N3O/c1-4-7-20-8-5-14(6-9-20)19-17(21)15-11-16(18)13(3)10-12(15)2/h12-16H,4-11,18H2,1-3H3,(H,19,21). The van der Waals surface area contributed by atoms with Gasteiger partial charge in [0.15, 0.2) is 0 Å². The second kappa shape index (κ2) is 7.59. The van der Waals surface area contributed by atoms with E-state index >= 15 is 0 Å². The molecule has 2 fully saturated rings. The largest absolute Gasteiger partial charge is 0.353 e. The summed E-state index contributed by atoms with van der Waals surface area (Å²) < 4.78 is 0. The molecular formula is C17H33N3O. The van der Waals surface area contributed by atoms with E-state index in [9.17, 15) is 4.79 Å². The number of piperidine rings is 1. The molecule has 2 rings (SSSR count). The minimum atomic E-state index is 0.116.